The number of halogens is 5. The Kier molecular flexibility index (Phi) is 6.46. The highest BCUT2D eigenvalue weighted by atomic mass is 32.1. The van der Waals surface area contributed by atoms with E-state index in [0.717, 1.165) is 22.0 Å². The lowest BCUT2D eigenvalue weighted by molar-refractivity contribution is -0.141. The van der Waals surface area contributed by atoms with E-state index in [1.165, 1.54) is 22.0 Å². The van der Waals surface area contributed by atoms with Gasteiger partial charge >= 0.3 is 11.9 Å². The van der Waals surface area contributed by atoms with E-state index in [0.29, 0.717) is 12.0 Å². The van der Waals surface area contributed by atoms with Crippen molar-refractivity contribution >= 4 is 11.3 Å². The maximum Gasteiger partial charge on any atom is 0.433 e. The predicted molar refractivity (Wildman–Crippen MR) is 101 cm³/mol. The SMILES string of the molecule is NCC(Cc1n[nH]c(=O)n1CCc1ccc(-c2ccc(C(F)(F)F)nc2)s1)=C(F)F. The van der Waals surface area contributed by atoms with Gasteiger partial charge in [0.2, 0.25) is 0 Å². The van der Waals surface area contributed by atoms with Crippen molar-refractivity contribution in [3.05, 3.63) is 69.0 Å². The maximum absolute atomic E-state index is 12.8. The van der Waals surface area contributed by atoms with Crippen LogP contribution in [-0.2, 0) is 25.6 Å². The van der Waals surface area contributed by atoms with Gasteiger partial charge in [-0.15, -0.1) is 11.3 Å². The van der Waals surface area contributed by atoms with Crippen LogP contribution in [0.5, 0.6) is 0 Å². The molecule has 6 nitrogen and oxygen atoms in total. The topological polar surface area (TPSA) is 89.6 Å². The minimum Gasteiger partial charge on any atom is -0.327 e. The Balaban J connectivity index is 1.72. The largest absolute Gasteiger partial charge is 0.433 e. The number of nitrogens with zero attached hydrogens (tertiary/aromatic N) is 3. The summed E-state index contributed by atoms with van der Waals surface area (Å²) >= 11 is 1.34. The number of aromatic amines is 1. The summed E-state index contributed by atoms with van der Waals surface area (Å²) < 4.78 is 64.8. The average Bonchev–Trinajstić information content (AvgIpc) is 3.30. The van der Waals surface area contributed by atoms with E-state index < -0.39 is 23.6 Å². The first-order valence-corrected chi connectivity index (χ1v) is 9.50. The molecule has 30 heavy (non-hydrogen) atoms. The number of hydrogen-bond donors (Lipinski definition) is 2. The van der Waals surface area contributed by atoms with E-state index in [-0.39, 0.29) is 30.9 Å². The van der Waals surface area contributed by atoms with Crippen molar-refractivity contribution in [2.45, 2.75) is 25.6 Å². The van der Waals surface area contributed by atoms with Crippen LogP contribution < -0.4 is 11.4 Å². The third kappa shape index (κ3) is 5.00. The summed E-state index contributed by atoms with van der Waals surface area (Å²) in [5.74, 6) is 0.150. The average molecular weight is 445 g/mol. The van der Waals surface area contributed by atoms with E-state index in [1.807, 2.05) is 0 Å². The van der Waals surface area contributed by atoms with Gasteiger partial charge in [0, 0.05) is 46.6 Å². The molecule has 0 aliphatic carbocycles. The Morgan fingerprint density at radius 1 is 1.20 bits per heavy atom. The highest BCUT2D eigenvalue weighted by Crippen LogP contribution is 2.31. The van der Waals surface area contributed by atoms with Crippen molar-refractivity contribution < 1.29 is 22.0 Å². The molecule has 3 rings (SSSR count). The van der Waals surface area contributed by atoms with Crippen molar-refractivity contribution in [1.29, 1.82) is 0 Å². The second-order valence-corrected chi connectivity index (χ2v) is 7.46. The van der Waals surface area contributed by atoms with E-state index in [2.05, 4.69) is 15.2 Å². The molecule has 0 atom stereocenters. The molecule has 3 heterocycles. The number of nitrogens with two attached hydrogens (primary N) is 1. The van der Waals surface area contributed by atoms with Gasteiger partial charge in [0.15, 0.2) is 0 Å². The van der Waals surface area contributed by atoms with Crippen LogP contribution in [0.2, 0.25) is 0 Å². The Morgan fingerprint density at radius 2 is 1.97 bits per heavy atom. The fraction of sp³-hybridized carbons (Fsp3) is 0.278. The molecule has 3 aromatic heterocycles. The normalized spacial score (nSPS) is 11.7. The summed E-state index contributed by atoms with van der Waals surface area (Å²) in [6, 6.07) is 5.79. The molecule has 12 heteroatoms. The summed E-state index contributed by atoms with van der Waals surface area (Å²) in [5.41, 5.74) is 4.05. The van der Waals surface area contributed by atoms with Gasteiger partial charge in [-0.25, -0.2) is 9.89 Å². The summed E-state index contributed by atoms with van der Waals surface area (Å²) in [4.78, 5) is 17.0. The molecular weight excluding hydrogens is 429 g/mol. The van der Waals surface area contributed by atoms with Gasteiger partial charge < -0.3 is 5.73 Å². The number of alkyl halides is 3. The van der Waals surface area contributed by atoms with E-state index in [4.69, 9.17) is 5.73 Å². The second kappa shape index (κ2) is 8.88. The molecule has 3 aromatic rings. The van der Waals surface area contributed by atoms with Crippen LogP contribution in [0.4, 0.5) is 22.0 Å². The molecule has 0 fully saturated rings. The van der Waals surface area contributed by atoms with Crippen LogP contribution in [0.3, 0.4) is 0 Å². The molecule has 0 amide bonds. The summed E-state index contributed by atoms with van der Waals surface area (Å²) in [6.45, 7) is -0.152. The number of hydrogen-bond acceptors (Lipinski definition) is 5. The number of H-pyrrole nitrogens is 1. The lowest BCUT2D eigenvalue weighted by atomic mass is 10.2. The highest BCUT2D eigenvalue weighted by molar-refractivity contribution is 7.15. The predicted octanol–water partition coefficient (Wildman–Crippen LogP) is 3.61. The molecule has 0 saturated carbocycles. The van der Waals surface area contributed by atoms with E-state index in [1.54, 1.807) is 12.1 Å². The zero-order valence-corrected chi connectivity index (χ0v) is 16.2. The fourth-order valence-electron chi connectivity index (χ4n) is 2.72. The number of aromatic nitrogens is 4. The Morgan fingerprint density at radius 3 is 2.57 bits per heavy atom. The molecule has 0 spiro atoms. The molecule has 0 bridgehead atoms. The van der Waals surface area contributed by atoms with Crippen LogP contribution in [0.15, 0.2) is 46.9 Å². The molecule has 160 valence electrons. The molecule has 0 radical (unpaired) electrons. The summed E-state index contributed by atoms with van der Waals surface area (Å²) in [5, 5.41) is 6.03. The van der Waals surface area contributed by atoms with Gasteiger partial charge in [0.05, 0.1) is 0 Å². The Labute approximate surface area is 170 Å². The number of pyridine rings is 1. The van der Waals surface area contributed by atoms with Crippen molar-refractivity contribution in [1.82, 2.24) is 19.7 Å². The molecule has 0 saturated heterocycles. The zero-order chi connectivity index (χ0) is 21.9. The van der Waals surface area contributed by atoms with Crippen LogP contribution in [0.1, 0.15) is 16.4 Å². The Bertz CT molecular complexity index is 1090. The molecule has 0 aliphatic rings. The van der Waals surface area contributed by atoms with Crippen molar-refractivity contribution in [2.24, 2.45) is 5.73 Å². The van der Waals surface area contributed by atoms with Crippen LogP contribution >= 0.6 is 11.3 Å². The lowest BCUT2D eigenvalue weighted by Crippen LogP contribution is -2.21. The second-order valence-electron chi connectivity index (χ2n) is 6.29. The van der Waals surface area contributed by atoms with Gasteiger partial charge in [-0.1, -0.05) is 0 Å². The van der Waals surface area contributed by atoms with Gasteiger partial charge in [-0.05, 0) is 30.7 Å². The van der Waals surface area contributed by atoms with Crippen LogP contribution in [-0.4, -0.2) is 26.3 Å². The van der Waals surface area contributed by atoms with Crippen LogP contribution in [0.25, 0.3) is 10.4 Å². The third-order valence-corrected chi connectivity index (χ3v) is 5.50. The molecule has 3 N–H and O–H groups in total. The first kappa shape index (κ1) is 21.8. The first-order valence-electron chi connectivity index (χ1n) is 8.68. The number of thiophene rings is 1. The zero-order valence-electron chi connectivity index (χ0n) is 15.3. The number of rotatable bonds is 7. The van der Waals surface area contributed by atoms with Gasteiger partial charge in [0.1, 0.15) is 11.5 Å². The van der Waals surface area contributed by atoms with Crippen LogP contribution in [0, 0.1) is 0 Å². The number of aryl methyl sites for hydroxylation is 1. The summed E-state index contributed by atoms with van der Waals surface area (Å²) in [6.07, 6.45) is -5.08. The fourth-order valence-corrected chi connectivity index (χ4v) is 3.71. The molecule has 0 aliphatic heterocycles. The minimum absolute atomic E-state index is 0.150. The molecular formula is C18H16F5N5OS. The quantitative estimate of drug-likeness (QED) is 0.544. The smallest absolute Gasteiger partial charge is 0.327 e. The Hall–Kier alpha value is -2.86. The maximum atomic E-state index is 12.8. The number of nitrogens with one attached hydrogen (secondary N) is 1. The van der Waals surface area contributed by atoms with Crippen molar-refractivity contribution in [2.75, 3.05) is 6.54 Å². The van der Waals surface area contributed by atoms with Gasteiger partial charge in [-0.3, -0.25) is 9.55 Å². The molecule has 0 aromatic carbocycles. The minimum atomic E-state index is -4.50. The van der Waals surface area contributed by atoms with Crippen molar-refractivity contribution in [3.8, 4) is 10.4 Å². The summed E-state index contributed by atoms with van der Waals surface area (Å²) in [7, 11) is 0. The van der Waals surface area contributed by atoms with Crippen molar-refractivity contribution in [3.63, 3.8) is 0 Å². The van der Waals surface area contributed by atoms with Gasteiger partial charge in [-0.2, -0.15) is 27.1 Å². The van der Waals surface area contributed by atoms with E-state index in [9.17, 15) is 26.7 Å². The van der Waals surface area contributed by atoms with Gasteiger partial charge in [0.25, 0.3) is 6.08 Å². The first-order chi connectivity index (χ1) is 14.2. The molecule has 0 unspecified atom stereocenters. The van der Waals surface area contributed by atoms with E-state index >= 15 is 0 Å². The third-order valence-electron chi connectivity index (χ3n) is 4.30. The standard InChI is InChI=1S/C18H16F5N5OS/c19-16(20)11(8-24)7-15-26-27-17(29)28(15)6-5-12-2-3-13(30-12)10-1-4-14(25-9-10)18(21,22)23/h1-4,9H,5-8,24H2,(H,27,29). The highest BCUT2D eigenvalue weighted by Gasteiger charge is 2.32. The lowest BCUT2D eigenvalue weighted by Gasteiger charge is -2.06. The monoisotopic (exact) mass is 445 g/mol.